The first-order valence-electron chi connectivity index (χ1n) is 10.3. The summed E-state index contributed by atoms with van der Waals surface area (Å²) >= 11 is 1.56. The minimum atomic E-state index is -0.214. The average Bonchev–Trinajstić information content (AvgIpc) is 3.46. The number of nitrogens with one attached hydrogen (secondary N) is 1. The van der Waals surface area contributed by atoms with Gasteiger partial charge in [-0.15, -0.1) is 11.3 Å². The molecule has 0 saturated heterocycles. The lowest BCUT2D eigenvalue weighted by atomic mass is 10.1. The summed E-state index contributed by atoms with van der Waals surface area (Å²) in [4.78, 5) is 25.8. The molecular formula is C24H22N4O2S. The molecule has 1 aliphatic heterocycles. The first-order valence-corrected chi connectivity index (χ1v) is 11.2. The van der Waals surface area contributed by atoms with Crippen LogP contribution in [0.25, 0.3) is 22.8 Å². The molecule has 0 unspecified atom stereocenters. The van der Waals surface area contributed by atoms with Crippen LogP contribution in [0.15, 0.2) is 65.2 Å². The second-order valence-corrected chi connectivity index (χ2v) is 8.49. The predicted octanol–water partition coefficient (Wildman–Crippen LogP) is 5.10. The molecule has 0 bridgehead atoms. The zero-order chi connectivity index (χ0) is 21.2. The van der Waals surface area contributed by atoms with Gasteiger partial charge >= 0.3 is 0 Å². The standard InChI is InChI=1S/C24H22N4O2S/c1-2-28-13-12-19-21(15-28)31-24(26-19)27-22(29)17-10-6-7-11-18(17)23-25-14-20(30-23)16-8-4-3-5-9-16/h3-11,14H,2,12-13,15H2,1H3,(H,26,27,29). The van der Waals surface area contributed by atoms with E-state index in [0.717, 1.165) is 37.3 Å². The summed E-state index contributed by atoms with van der Waals surface area (Å²) < 4.78 is 5.98. The van der Waals surface area contributed by atoms with E-state index in [4.69, 9.17) is 4.42 Å². The second kappa shape index (κ2) is 8.45. The van der Waals surface area contributed by atoms with Crippen molar-refractivity contribution in [3.63, 3.8) is 0 Å². The van der Waals surface area contributed by atoms with E-state index < -0.39 is 0 Å². The minimum absolute atomic E-state index is 0.214. The molecule has 1 N–H and O–H groups in total. The SMILES string of the molecule is CCN1CCc2nc(NC(=O)c3ccccc3-c3ncc(-c4ccccc4)o3)sc2C1. The van der Waals surface area contributed by atoms with Crippen LogP contribution in [0.4, 0.5) is 5.13 Å². The van der Waals surface area contributed by atoms with Crippen molar-refractivity contribution >= 4 is 22.4 Å². The van der Waals surface area contributed by atoms with Crippen LogP contribution >= 0.6 is 11.3 Å². The Morgan fingerprint density at radius 1 is 1.16 bits per heavy atom. The molecule has 0 atom stereocenters. The number of nitrogens with zero attached hydrogens (tertiary/aromatic N) is 3. The van der Waals surface area contributed by atoms with Gasteiger partial charge in [0.2, 0.25) is 5.89 Å². The lowest BCUT2D eigenvalue weighted by molar-refractivity contribution is 0.102. The largest absolute Gasteiger partial charge is 0.436 e. The van der Waals surface area contributed by atoms with Crippen LogP contribution in [-0.2, 0) is 13.0 Å². The number of carbonyl (C=O) groups is 1. The van der Waals surface area contributed by atoms with Gasteiger partial charge in [-0.3, -0.25) is 15.0 Å². The van der Waals surface area contributed by atoms with Crippen LogP contribution in [0, 0.1) is 0 Å². The fourth-order valence-electron chi connectivity index (χ4n) is 3.74. The van der Waals surface area contributed by atoms with Crippen molar-refractivity contribution in [3.8, 4) is 22.8 Å². The topological polar surface area (TPSA) is 71.3 Å². The van der Waals surface area contributed by atoms with E-state index in [2.05, 4.69) is 27.1 Å². The number of hydrogen-bond donors (Lipinski definition) is 1. The number of amides is 1. The third kappa shape index (κ3) is 4.02. The summed E-state index contributed by atoms with van der Waals surface area (Å²) in [5.74, 6) is 0.869. The highest BCUT2D eigenvalue weighted by Gasteiger charge is 2.22. The zero-order valence-electron chi connectivity index (χ0n) is 17.2. The maximum absolute atomic E-state index is 13.1. The smallest absolute Gasteiger partial charge is 0.258 e. The Labute approximate surface area is 184 Å². The highest BCUT2D eigenvalue weighted by Crippen LogP contribution is 2.31. The number of rotatable bonds is 5. The Balaban J connectivity index is 1.39. The predicted molar refractivity (Wildman–Crippen MR) is 122 cm³/mol. The van der Waals surface area contributed by atoms with E-state index >= 15 is 0 Å². The minimum Gasteiger partial charge on any atom is -0.436 e. The molecule has 4 aromatic rings. The Hall–Kier alpha value is -3.29. The lowest BCUT2D eigenvalue weighted by Gasteiger charge is -2.23. The number of fused-ring (bicyclic) bond motifs is 1. The molecule has 7 heteroatoms. The first-order chi connectivity index (χ1) is 15.2. The summed E-state index contributed by atoms with van der Waals surface area (Å²) in [6.45, 7) is 5.09. The Morgan fingerprint density at radius 2 is 1.97 bits per heavy atom. The second-order valence-electron chi connectivity index (χ2n) is 7.40. The number of thiazole rings is 1. The third-order valence-corrected chi connectivity index (χ3v) is 6.44. The van der Waals surface area contributed by atoms with E-state index in [1.807, 2.05) is 48.5 Å². The van der Waals surface area contributed by atoms with Crippen LogP contribution in [0.1, 0.15) is 27.9 Å². The Morgan fingerprint density at radius 3 is 2.81 bits per heavy atom. The summed E-state index contributed by atoms with van der Waals surface area (Å²) in [6.07, 6.45) is 2.61. The fourth-order valence-corrected chi connectivity index (χ4v) is 4.78. The van der Waals surface area contributed by atoms with E-state index in [9.17, 15) is 4.79 Å². The highest BCUT2D eigenvalue weighted by atomic mass is 32.1. The molecule has 1 aliphatic rings. The number of oxazole rings is 1. The fraction of sp³-hybridized carbons (Fsp3) is 0.208. The van der Waals surface area contributed by atoms with E-state index in [-0.39, 0.29) is 5.91 Å². The van der Waals surface area contributed by atoms with Crippen molar-refractivity contribution in [2.24, 2.45) is 0 Å². The van der Waals surface area contributed by atoms with Crippen LogP contribution in [0.3, 0.4) is 0 Å². The van der Waals surface area contributed by atoms with Crippen molar-refractivity contribution < 1.29 is 9.21 Å². The third-order valence-electron chi connectivity index (χ3n) is 5.44. The molecule has 2 aromatic carbocycles. The molecule has 156 valence electrons. The van der Waals surface area contributed by atoms with E-state index in [1.165, 1.54) is 4.88 Å². The molecule has 0 fully saturated rings. The van der Waals surface area contributed by atoms with E-state index in [1.54, 1.807) is 23.6 Å². The molecule has 3 heterocycles. The molecule has 1 amide bonds. The lowest BCUT2D eigenvalue weighted by Crippen LogP contribution is -2.29. The molecular weight excluding hydrogens is 408 g/mol. The number of anilines is 1. The van der Waals surface area contributed by atoms with Crippen molar-refractivity contribution in [1.29, 1.82) is 0 Å². The van der Waals surface area contributed by atoms with Crippen LogP contribution in [-0.4, -0.2) is 33.9 Å². The van der Waals surface area contributed by atoms with Gasteiger partial charge in [-0.05, 0) is 18.7 Å². The van der Waals surface area contributed by atoms with Gasteiger partial charge in [0.1, 0.15) is 0 Å². The highest BCUT2D eigenvalue weighted by molar-refractivity contribution is 7.15. The van der Waals surface area contributed by atoms with Crippen LogP contribution in [0.2, 0.25) is 0 Å². The summed E-state index contributed by atoms with van der Waals surface area (Å²) in [5, 5.41) is 3.62. The summed E-state index contributed by atoms with van der Waals surface area (Å²) in [7, 11) is 0. The number of carbonyl (C=O) groups excluding carboxylic acids is 1. The van der Waals surface area contributed by atoms with Crippen LogP contribution < -0.4 is 5.32 Å². The van der Waals surface area contributed by atoms with Crippen molar-refractivity contribution in [2.75, 3.05) is 18.4 Å². The Bertz CT molecular complexity index is 1220. The van der Waals surface area contributed by atoms with Gasteiger partial charge in [-0.1, -0.05) is 49.4 Å². The van der Waals surface area contributed by atoms with Gasteiger partial charge in [-0.2, -0.15) is 0 Å². The maximum atomic E-state index is 13.1. The number of likely N-dealkylation sites (N-methyl/N-ethyl adjacent to an activating group) is 1. The first kappa shape index (κ1) is 19.7. The van der Waals surface area contributed by atoms with Gasteiger partial charge in [0, 0.05) is 35.5 Å². The normalized spacial score (nSPS) is 13.7. The van der Waals surface area contributed by atoms with Gasteiger partial charge in [0.05, 0.1) is 17.5 Å². The number of benzene rings is 2. The molecule has 0 radical (unpaired) electrons. The Kier molecular flexibility index (Phi) is 5.36. The molecule has 0 saturated carbocycles. The maximum Gasteiger partial charge on any atom is 0.258 e. The van der Waals surface area contributed by atoms with Crippen molar-refractivity contribution in [3.05, 3.63) is 76.9 Å². The van der Waals surface area contributed by atoms with Gasteiger partial charge in [0.25, 0.3) is 5.91 Å². The van der Waals surface area contributed by atoms with Gasteiger partial charge < -0.3 is 4.42 Å². The molecule has 31 heavy (non-hydrogen) atoms. The van der Waals surface area contributed by atoms with Crippen LogP contribution in [0.5, 0.6) is 0 Å². The molecule has 2 aromatic heterocycles. The van der Waals surface area contributed by atoms with Crippen molar-refractivity contribution in [2.45, 2.75) is 19.9 Å². The zero-order valence-corrected chi connectivity index (χ0v) is 18.0. The van der Waals surface area contributed by atoms with E-state index in [0.29, 0.717) is 27.9 Å². The number of aromatic nitrogens is 2. The quantitative estimate of drug-likeness (QED) is 0.477. The molecule has 0 spiro atoms. The molecule has 5 rings (SSSR count). The van der Waals surface area contributed by atoms with Gasteiger partial charge in [-0.25, -0.2) is 9.97 Å². The molecule has 0 aliphatic carbocycles. The monoisotopic (exact) mass is 430 g/mol. The molecule has 6 nitrogen and oxygen atoms in total. The van der Waals surface area contributed by atoms with Gasteiger partial charge in [0.15, 0.2) is 10.9 Å². The summed E-state index contributed by atoms with van der Waals surface area (Å²) in [6, 6.07) is 17.1. The van der Waals surface area contributed by atoms with Crippen molar-refractivity contribution in [1.82, 2.24) is 14.9 Å². The summed E-state index contributed by atoms with van der Waals surface area (Å²) in [5.41, 5.74) is 3.20. The average molecular weight is 431 g/mol. The number of hydrogen-bond acceptors (Lipinski definition) is 6.